The van der Waals surface area contributed by atoms with Gasteiger partial charge < -0.3 is 19.5 Å². The van der Waals surface area contributed by atoms with Gasteiger partial charge in [0.2, 0.25) is 5.88 Å². The summed E-state index contributed by atoms with van der Waals surface area (Å²) in [5.74, 6) is 1.47. The molecule has 30 heavy (non-hydrogen) atoms. The Balaban J connectivity index is 1.36. The Kier molecular flexibility index (Phi) is 7.54. The highest BCUT2D eigenvalue weighted by molar-refractivity contribution is 5.77. The molecule has 1 aromatic heterocycles. The zero-order valence-electron chi connectivity index (χ0n) is 16.0. The van der Waals surface area contributed by atoms with Gasteiger partial charge >= 0.3 is 6.61 Å². The molecule has 1 heterocycles. The van der Waals surface area contributed by atoms with E-state index in [0.29, 0.717) is 30.3 Å². The smallest absolute Gasteiger partial charge is 0.387 e. The average molecular weight is 414 g/mol. The number of benzene rings is 2. The molecule has 0 bridgehead atoms. The molecule has 0 fully saturated rings. The summed E-state index contributed by atoms with van der Waals surface area (Å²) in [5, 5.41) is 2.74. The Morgan fingerprint density at radius 3 is 2.30 bits per heavy atom. The number of rotatable bonds is 10. The fourth-order valence-corrected chi connectivity index (χ4v) is 2.52. The van der Waals surface area contributed by atoms with Crippen molar-refractivity contribution in [1.29, 1.82) is 0 Å². The molecule has 156 valence electrons. The molecule has 0 aliphatic carbocycles. The minimum absolute atomic E-state index is 0.0997. The molecule has 3 rings (SSSR count). The van der Waals surface area contributed by atoms with Crippen LogP contribution < -0.4 is 19.5 Å². The number of hydrogen-bond donors (Lipinski definition) is 1. The topological polar surface area (TPSA) is 69.7 Å². The molecule has 0 atom stereocenters. The predicted molar refractivity (Wildman–Crippen MR) is 106 cm³/mol. The van der Waals surface area contributed by atoms with Crippen molar-refractivity contribution >= 4 is 5.91 Å². The van der Waals surface area contributed by atoms with Gasteiger partial charge in [-0.15, -0.1) is 0 Å². The van der Waals surface area contributed by atoms with Crippen molar-refractivity contribution in [2.45, 2.75) is 13.0 Å². The Morgan fingerprint density at radius 1 is 0.933 bits per heavy atom. The number of nitrogens with one attached hydrogen (secondary N) is 1. The lowest BCUT2D eigenvalue weighted by molar-refractivity contribution is -0.123. The number of amides is 1. The van der Waals surface area contributed by atoms with Crippen LogP contribution in [-0.4, -0.2) is 30.7 Å². The lowest BCUT2D eigenvalue weighted by Crippen LogP contribution is -2.30. The summed E-state index contributed by atoms with van der Waals surface area (Å²) in [4.78, 5) is 16.0. The standard InChI is InChI=1S/C22H20F2N2O4/c23-22(24)30-19-6-4-16(5-7-19)12-14-25-20(27)15-28-17-8-10-18(11-9-17)29-21-3-1-2-13-26-21/h1-11,13,22H,12,14-15H2,(H,25,27). The molecule has 0 aliphatic rings. The van der Waals surface area contributed by atoms with E-state index < -0.39 is 6.61 Å². The summed E-state index contributed by atoms with van der Waals surface area (Å²) >= 11 is 0. The monoisotopic (exact) mass is 414 g/mol. The second kappa shape index (κ2) is 10.8. The maximum Gasteiger partial charge on any atom is 0.387 e. The predicted octanol–water partition coefficient (Wildman–Crippen LogP) is 4.21. The van der Waals surface area contributed by atoms with Crippen LogP contribution in [0, 0.1) is 0 Å². The van der Waals surface area contributed by atoms with Crippen molar-refractivity contribution in [3.05, 3.63) is 78.5 Å². The fraction of sp³-hybridized carbons (Fsp3) is 0.182. The molecule has 0 aliphatic heterocycles. The number of aromatic nitrogens is 1. The van der Waals surface area contributed by atoms with E-state index in [-0.39, 0.29) is 18.3 Å². The molecular formula is C22H20F2N2O4. The number of alkyl halides is 2. The van der Waals surface area contributed by atoms with E-state index in [1.54, 1.807) is 54.7 Å². The molecule has 2 aromatic carbocycles. The molecule has 0 spiro atoms. The van der Waals surface area contributed by atoms with E-state index in [2.05, 4.69) is 15.0 Å². The molecular weight excluding hydrogens is 394 g/mol. The van der Waals surface area contributed by atoms with Crippen LogP contribution in [0.1, 0.15) is 5.56 Å². The summed E-state index contributed by atoms with van der Waals surface area (Å²) in [6, 6.07) is 18.5. The highest BCUT2D eigenvalue weighted by Crippen LogP contribution is 2.22. The lowest BCUT2D eigenvalue weighted by Gasteiger charge is -2.09. The SMILES string of the molecule is O=C(COc1ccc(Oc2ccccn2)cc1)NCCc1ccc(OC(F)F)cc1. The van der Waals surface area contributed by atoms with Gasteiger partial charge in [0.1, 0.15) is 17.2 Å². The molecule has 6 nitrogen and oxygen atoms in total. The fourth-order valence-electron chi connectivity index (χ4n) is 2.52. The van der Waals surface area contributed by atoms with Gasteiger partial charge in [0.15, 0.2) is 6.61 Å². The number of hydrogen-bond acceptors (Lipinski definition) is 5. The molecule has 1 amide bonds. The van der Waals surface area contributed by atoms with E-state index in [9.17, 15) is 13.6 Å². The van der Waals surface area contributed by atoms with Crippen molar-refractivity contribution < 1.29 is 27.8 Å². The first-order chi connectivity index (χ1) is 14.6. The molecule has 0 radical (unpaired) electrons. The number of ether oxygens (including phenoxy) is 3. The van der Waals surface area contributed by atoms with Gasteiger partial charge in [0.25, 0.3) is 5.91 Å². The number of nitrogens with zero attached hydrogens (tertiary/aromatic N) is 1. The van der Waals surface area contributed by atoms with Gasteiger partial charge in [-0.1, -0.05) is 18.2 Å². The summed E-state index contributed by atoms with van der Waals surface area (Å²) in [6.45, 7) is -2.57. The molecule has 0 unspecified atom stereocenters. The quantitative estimate of drug-likeness (QED) is 0.538. The van der Waals surface area contributed by atoms with Crippen molar-refractivity contribution in [1.82, 2.24) is 10.3 Å². The van der Waals surface area contributed by atoms with Crippen LogP contribution in [0.5, 0.6) is 23.1 Å². The van der Waals surface area contributed by atoms with Gasteiger partial charge in [0.05, 0.1) is 0 Å². The van der Waals surface area contributed by atoms with E-state index in [1.165, 1.54) is 12.1 Å². The first kappa shape index (κ1) is 21.0. The molecule has 0 saturated carbocycles. The van der Waals surface area contributed by atoms with E-state index >= 15 is 0 Å². The van der Waals surface area contributed by atoms with Crippen LogP contribution in [0.25, 0.3) is 0 Å². The van der Waals surface area contributed by atoms with Crippen LogP contribution in [0.4, 0.5) is 8.78 Å². The Bertz CT molecular complexity index is 920. The maximum absolute atomic E-state index is 12.1. The third-order valence-corrected chi connectivity index (χ3v) is 3.94. The van der Waals surface area contributed by atoms with Crippen molar-refractivity contribution in [3.63, 3.8) is 0 Å². The molecule has 8 heteroatoms. The molecule has 0 saturated heterocycles. The van der Waals surface area contributed by atoms with E-state index in [4.69, 9.17) is 9.47 Å². The minimum atomic E-state index is -2.85. The van der Waals surface area contributed by atoms with Crippen LogP contribution >= 0.6 is 0 Å². The number of pyridine rings is 1. The van der Waals surface area contributed by atoms with Crippen LogP contribution in [0.3, 0.4) is 0 Å². The highest BCUT2D eigenvalue weighted by Gasteiger charge is 2.06. The largest absolute Gasteiger partial charge is 0.484 e. The van der Waals surface area contributed by atoms with Gasteiger partial charge in [-0.25, -0.2) is 4.98 Å². The van der Waals surface area contributed by atoms with Gasteiger partial charge in [-0.05, 0) is 54.4 Å². The zero-order valence-corrected chi connectivity index (χ0v) is 16.0. The molecule has 1 N–H and O–H groups in total. The third-order valence-electron chi connectivity index (χ3n) is 3.94. The number of carbonyl (C=O) groups is 1. The Morgan fingerprint density at radius 2 is 1.63 bits per heavy atom. The Labute approximate surface area is 172 Å². The summed E-state index contributed by atoms with van der Waals surface area (Å²) in [7, 11) is 0. The van der Waals surface area contributed by atoms with E-state index in [0.717, 1.165) is 5.56 Å². The lowest BCUT2D eigenvalue weighted by atomic mass is 10.1. The third kappa shape index (κ3) is 7.05. The Hall–Kier alpha value is -3.68. The normalized spacial score (nSPS) is 10.5. The average Bonchev–Trinajstić information content (AvgIpc) is 2.75. The second-order valence-electron chi connectivity index (χ2n) is 6.15. The van der Waals surface area contributed by atoms with E-state index in [1.807, 2.05) is 6.07 Å². The molecule has 3 aromatic rings. The van der Waals surface area contributed by atoms with Crippen molar-refractivity contribution in [2.24, 2.45) is 0 Å². The van der Waals surface area contributed by atoms with Crippen molar-refractivity contribution in [3.8, 4) is 23.1 Å². The summed E-state index contributed by atoms with van der Waals surface area (Å²) in [6.07, 6.45) is 2.20. The van der Waals surface area contributed by atoms with Crippen LogP contribution in [0.15, 0.2) is 72.9 Å². The van der Waals surface area contributed by atoms with Gasteiger partial charge in [0, 0.05) is 18.8 Å². The number of halogens is 2. The van der Waals surface area contributed by atoms with Gasteiger partial charge in [-0.3, -0.25) is 4.79 Å². The number of carbonyl (C=O) groups excluding carboxylic acids is 1. The highest BCUT2D eigenvalue weighted by atomic mass is 19.3. The van der Waals surface area contributed by atoms with Gasteiger partial charge in [-0.2, -0.15) is 8.78 Å². The first-order valence-corrected chi connectivity index (χ1v) is 9.21. The summed E-state index contributed by atoms with van der Waals surface area (Å²) in [5.41, 5.74) is 0.890. The maximum atomic E-state index is 12.1. The summed E-state index contributed by atoms with van der Waals surface area (Å²) < 4.78 is 39.6. The van der Waals surface area contributed by atoms with Crippen LogP contribution in [-0.2, 0) is 11.2 Å². The first-order valence-electron chi connectivity index (χ1n) is 9.21. The van der Waals surface area contributed by atoms with Crippen LogP contribution in [0.2, 0.25) is 0 Å². The second-order valence-corrected chi connectivity index (χ2v) is 6.15. The van der Waals surface area contributed by atoms with Crippen molar-refractivity contribution in [2.75, 3.05) is 13.2 Å². The minimum Gasteiger partial charge on any atom is -0.484 e. The zero-order chi connectivity index (χ0) is 21.2.